The van der Waals surface area contributed by atoms with Crippen LogP contribution in [0.1, 0.15) is 21.5 Å². The fourth-order valence-electron chi connectivity index (χ4n) is 1.90. The van der Waals surface area contributed by atoms with E-state index in [9.17, 15) is 13.6 Å². The minimum Gasteiger partial charge on any atom is -0.348 e. The highest BCUT2D eigenvalue weighted by molar-refractivity contribution is 5.99. The maximum atomic E-state index is 13.1. The molecule has 0 aliphatic rings. The van der Waals surface area contributed by atoms with Crippen LogP contribution in [0, 0.1) is 18.6 Å². The molecule has 0 saturated heterocycles. The van der Waals surface area contributed by atoms with Gasteiger partial charge in [-0.2, -0.15) is 0 Å². The standard InChI is InChI=1S/C15H15F2N3O/c1-9-2-4-11(14(6-9)20-18)15(21)19-8-10-3-5-12(16)13(17)7-10/h2-7,20H,8,18H2,1H3,(H,19,21). The fraction of sp³-hybridized carbons (Fsp3) is 0.133. The normalized spacial score (nSPS) is 10.3. The summed E-state index contributed by atoms with van der Waals surface area (Å²) in [6.07, 6.45) is 0. The van der Waals surface area contributed by atoms with Gasteiger partial charge in [-0.1, -0.05) is 12.1 Å². The molecule has 2 rings (SSSR count). The number of benzene rings is 2. The van der Waals surface area contributed by atoms with E-state index in [2.05, 4.69) is 10.7 Å². The largest absolute Gasteiger partial charge is 0.348 e. The predicted molar refractivity (Wildman–Crippen MR) is 76.5 cm³/mol. The highest BCUT2D eigenvalue weighted by atomic mass is 19.2. The molecular weight excluding hydrogens is 276 g/mol. The molecule has 2 aromatic rings. The van der Waals surface area contributed by atoms with Gasteiger partial charge in [0.2, 0.25) is 0 Å². The summed E-state index contributed by atoms with van der Waals surface area (Å²) < 4.78 is 25.9. The Balaban J connectivity index is 2.09. The summed E-state index contributed by atoms with van der Waals surface area (Å²) in [5, 5.41) is 2.63. The van der Waals surface area contributed by atoms with Gasteiger partial charge < -0.3 is 10.7 Å². The number of carbonyl (C=O) groups is 1. The zero-order chi connectivity index (χ0) is 15.4. The second-order valence-electron chi connectivity index (χ2n) is 4.62. The first-order chi connectivity index (χ1) is 10.0. The van der Waals surface area contributed by atoms with E-state index in [-0.39, 0.29) is 12.5 Å². The topological polar surface area (TPSA) is 67.2 Å². The Morgan fingerprint density at radius 3 is 2.57 bits per heavy atom. The third kappa shape index (κ3) is 3.55. The van der Waals surface area contributed by atoms with Gasteiger partial charge in [-0.25, -0.2) is 8.78 Å². The molecule has 4 nitrogen and oxygen atoms in total. The molecule has 0 saturated carbocycles. The highest BCUT2D eigenvalue weighted by Crippen LogP contribution is 2.16. The van der Waals surface area contributed by atoms with Crippen molar-refractivity contribution in [3.8, 4) is 0 Å². The number of hydrogen-bond acceptors (Lipinski definition) is 3. The molecule has 0 heterocycles. The quantitative estimate of drug-likeness (QED) is 0.599. The van der Waals surface area contributed by atoms with Gasteiger partial charge in [-0.3, -0.25) is 10.6 Å². The number of hydrazine groups is 1. The number of carbonyl (C=O) groups excluding carboxylic acids is 1. The van der Waals surface area contributed by atoms with Gasteiger partial charge in [-0.15, -0.1) is 0 Å². The highest BCUT2D eigenvalue weighted by Gasteiger charge is 2.11. The summed E-state index contributed by atoms with van der Waals surface area (Å²) in [7, 11) is 0. The van der Waals surface area contributed by atoms with Crippen molar-refractivity contribution >= 4 is 11.6 Å². The van der Waals surface area contributed by atoms with Crippen molar-refractivity contribution in [2.75, 3.05) is 5.43 Å². The second-order valence-corrected chi connectivity index (χ2v) is 4.62. The molecule has 0 bridgehead atoms. The van der Waals surface area contributed by atoms with Crippen molar-refractivity contribution in [2.24, 2.45) is 5.84 Å². The lowest BCUT2D eigenvalue weighted by Crippen LogP contribution is -2.25. The Kier molecular flexibility index (Phi) is 4.49. The molecule has 1 amide bonds. The molecule has 4 N–H and O–H groups in total. The van der Waals surface area contributed by atoms with E-state index in [0.717, 1.165) is 17.7 Å². The number of nitrogen functional groups attached to an aromatic ring is 1. The molecule has 21 heavy (non-hydrogen) atoms. The van der Waals surface area contributed by atoms with Gasteiger partial charge in [0.25, 0.3) is 5.91 Å². The third-order valence-electron chi connectivity index (χ3n) is 3.01. The average molecular weight is 291 g/mol. The summed E-state index contributed by atoms with van der Waals surface area (Å²) >= 11 is 0. The molecule has 0 aromatic heterocycles. The zero-order valence-corrected chi connectivity index (χ0v) is 11.4. The predicted octanol–water partition coefficient (Wildman–Crippen LogP) is 2.49. The fourth-order valence-corrected chi connectivity index (χ4v) is 1.90. The van der Waals surface area contributed by atoms with Crippen LogP contribution < -0.4 is 16.6 Å². The van der Waals surface area contributed by atoms with Crippen molar-refractivity contribution in [3.05, 3.63) is 64.7 Å². The number of nitrogens with one attached hydrogen (secondary N) is 2. The summed E-state index contributed by atoms with van der Waals surface area (Å²) in [6.45, 7) is 1.97. The summed E-state index contributed by atoms with van der Waals surface area (Å²) in [6, 6.07) is 8.66. The molecule has 6 heteroatoms. The van der Waals surface area contributed by atoms with Gasteiger partial charge >= 0.3 is 0 Å². The van der Waals surface area contributed by atoms with Gasteiger partial charge in [0.15, 0.2) is 11.6 Å². The van der Waals surface area contributed by atoms with Crippen molar-refractivity contribution in [2.45, 2.75) is 13.5 Å². The number of aryl methyl sites for hydroxylation is 1. The van der Waals surface area contributed by atoms with Gasteiger partial charge in [0.05, 0.1) is 11.3 Å². The molecule has 0 fully saturated rings. The van der Waals surface area contributed by atoms with E-state index in [1.807, 2.05) is 6.92 Å². The van der Waals surface area contributed by atoms with E-state index < -0.39 is 11.6 Å². The van der Waals surface area contributed by atoms with Crippen LogP contribution >= 0.6 is 0 Å². The van der Waals surface area contributed by atoms with Gasteiger partial charge in [-0.05, 0) is 42.3 Å². The van der Waals surface area contributed by atoms with E-state index >= 15 is 0 Å². The number of nitrogens with two attached hydrogens (primary N) is 1. The maximum Gasteiger partial charge on any atom is 0.253 e. The van der Waals surface area contributed by atoms with Crippen LogP contribution in [-0.2, 0) is 6.54 Å². The van der Waals surface area contributed by atoms with Crippen LogP contribution in [0.25, 0.3) is 0 Å². The Bertz CT molecular complexity index is 674. The first-order valence-electron chi connectivity index (χ1n) is 6.30. The van der Waals surface area contributed by atoms with E-state index in [4.69, 9.17) is 5.84 Å². The van der Waals surface area contributed by atoms with Crippen LogP contribution in [0.5, 0.6) is 0 Å². The Morgan fingerprint density at radius 1 is 1.14 bits per heavy atom. The zero-order valence-electron chi connectivity index (χ0n) is 11.4. The molecule has 0 aliphatic heterocycles. The summed E-state index contributed by atoms with van der Waals surface area (Å²) in [4.78, 5) is 12.1. The first kappa shape index (κ1) is 14.9. The number of halogens is 2. The molecule has 0 spiro atoms. The van der Waals surface area contributed by atoms with E-state index in [1.54, 1.807) is 18.2 Å². The smallest absolute Gasteiger partial charge is 0.253 e. The molecule has 0 aliphatic carbocycles. The molecule has 110 valence electrons. The molecule has 0 radical (unpaired) electrons. The Morgan fingerprint density at radius 2 is 1.90 bits per heavy atom. The first-order valence-corrected chi connectivity index (χ1v) is 6.30. The third-order valence-corrected chi connectivity index (χ3v) is 3.01. The van der Waals surface area contributed by atoms with Crippen LogP contribution in [0.3, 0.4) is 0 Å². The van der Waals surface area contributed by atoms with Crippen LogP contribution in [0.4, 0.5) is 14.5 Å². The number of hydrogen-bond donors (Lipinski definition) is 3. The minimum atomic E-state index is -0.943. The average Bonchev–Trinajstić information content (AvgIpc) is 2.48. The lowest BCUT2D eigenvalue weighted by atomic mass is 10.1. The molecule has 2 aromatic carbocycles. The Hall–Kier alpha value is -2.47. The van der Waals surface area contributed by atoms with Gasteiger partial charge in [0, 0.05) is 6.54 Å². The number of rotatable bonds is 4. The minimum absolute atomic E-state index is 0.0912. The van der Waals surface area contributed by atoms with E-state index in [1.165, 1.54) is 6.07 Å². The van der Waals surface area contributed by atoms with Gasteiger partial charge in [0.1, 0.15) is 0 Å². The molecule has 0 atom stereocenters. The Labute approximate surface area is 120 Å². The number of anilines is 1. The lowest BCUT2D eigenvalue weighted by molar-refractivity contribution is 0.0951. The monoisotopic (exact) mass is 291 g/mol. The molecule has 0 unspecified atom stereocenters. The van der Waals surface area contributed by atoms with Crippen molar-refractivity contribution in [3.63, 3.8) is 0 Å². The van der Waals surface area contributed by atoms with Crippen LogP contribution in [0.15, 0.2) is 36.4 Å². The van der Waals surface area contributed by atoms with Crippen molar-refractivity contribution in [1.82, 2.24) is 5.32 Å². The van der Waals surface area contributed by atoms with Crippen molar-refractivity contribution < 1.29 is 13.6 Å². The number of amides is 1. The van der Waals surface area contributed by atoms with Crippen molar-refractivity contribution in [1.29, 1.82) is 0 Å². The second kappa shape index (κ2) is 6.32. The van der Waals surface area contributed by atoms with Crippen LogP contribution in [0.2, 0.25) is 0 Å². The summed E-state index contributed by atoms with van der Waals surface area (Å²) in [5.74, 6) is 3.16. The SMILES string of the molecule is Cc1ccc(C(=O)NCc2ccc(F)c(F)c2)c(NN)c1. The lowest BCUT2D eigenvalue weighted by Gasteiger charge is -2.10. The van der Waals surface area contributed by atoms with Crippen LogP contribution in [-0.4, -0.2) is 5.91 Å². The van der Waals surface area contributed by atoms with E-state index in [0.29, 0.717) is 16.8 Å². The molecular formula is C15H15F2N3O. The summed E-state index contributed by atoms with van der Waals surface area (Å²) in [5.41, 5.74) is 4.77. The maximum absolute atomic E-state index is 13.1.